The van der Waals surface area contributed by atoms with Gasteiger partial charge in [-0.1, -0.05) is 32.0 Å². The first kappa shape index (κ1) is 11.2. The molecule has 3 N–H and O–H groups in total. The van der Waals surface area contributed by atoms with Gasteiger partial charge in [0.1, 0.15) is 0 Å². The van der Waals surface area contributed by atoms with Gasteiger partial charge in [-0.05, 0) is 29.5 Å². The summed E-state index contributed by atoms with van der Waals surface area (Å²) in [6.45, 7) is 4.27. The molecule has 14 heavy (non-hydrogen) atoms. The van der Waals surface area contributed by atoms with Crippen molar-refractivity contribution >= 4 is 0 Å². The summed E-state index contributed by atoms with van der Waals surface area (Å²) in [7, 11) is 0. The molecule has 0 fully saturated rings. The Labute approximate surface area is 85.8 Å². The van der Waals surface area contributed by atoms with Crippen LogP contribution in [0.3, 0.4) is 0 Å². The van der Waals surface area contributed by atoms with E-state index < -0.39 is 0 Å². The van der Waals surface area contributed by atoms with E-state index in [1.807, 2.05) is 0 Å². The number of nitrogens with two attached hydrogens (primary N) is 1. The average Bonchev–Trinajstić information content (AvgIpc) is 2.27. The number of aryl methyl sites for hydroxylation is 2. The summed E-state index contributed by atoms with van der Waals surface area (Å²) >= 11 is 0. The van der Waals surface area contributed by atoms with E-state index in [9.17, 15) is 0 Å². The molecule has 0 amide bonds. The Morgan fingerprint density at radius 1 is 1.14 bits per heavy atom. The van der Waals surface area contributed by atoms with Crippen LogP contribution in [-0.4, -0.2) is 11.7 Å². The summed E-state index contributed by atoms with van der Waals surface area (Å²) in [6.07, 6.45) is 2.03. The van der Waals surface area contributed by atoms with Crippen LogP contribution >= 0.6 is 0 Å². The van der Waals surface area contributed by atoms with Crippen molar-refractivity contribution in [3.05, 3.63) is 34.9 Å². The summed E-state index contributed by atoms with van der Waals surface area (Å²) in [5.74, 6) is 0. The second kappa shape index (κ2) is 5.13. The van der Waals surface area contributed by atoms with Gasteiger partial charge in [-0.15, -0.1) is 0 Å². The maximum absolute atomic E-state index is 8.99. The zero-order valence-electron chi connectivity index (χ0n) is 8.96. The van der Waals surface area contributed by atoms with Gasteiger partial charge in [-0.2, -0.15) is 0 Å². The molecule has 2 nitrogen and oxygen atoms in total. The zero-order valence-corrected chi connectivity index (χ0v) is 8.96. The molecule has 78 valence electrons. The van der Waals surface area contributed by atoms with Gasteiger partial charge in [0.2, 0.25) is 0 Å². The molecule has 0 aliphatic carbocycles. The molecule has 1 aromatic rings. The van der Waals surface area contributed by atoms with Crippen molar-refractivity contribution in [1.29, 1.82) is 0 Å². The second-order valence-electron chi connectivity index (χ2n) is 3.58. The standard InChI is InChI=1S/C12H19NO/c1-3-9-5-10(4-2)7-11(6-9)12(13)8-14/h5-7,12,14H,3-4,8,13H2,1-2H3. The Balaban J connectivity index is 3.04. The van der Waals surface area contributed by atoms with Crippen LogP contribution in [0.2, 0.25) is 0 Å². The minimum atomic E-state index is -0.244. The third kappa shape index (κ3) is 2.56. The van der Waals surface area contributed by atoms with Gasteiger partial charge in [0, 0.05) is 0 Å². The normalized spacial score (nSPS) is 12.9. The first-order valence-electron chi connectivity index (χ1n) is 5.20. The van der Waals surface area contributed by atoms with Gasteiger partial charge in [-0.25, -0.2) is 0 Å². The van der Waals surface area contributed by atoms with Gasteiger partial charge >= 0.3 is 0 Å². The van der Waals surface area contributed by atoms with Crippen LogP contribution in [0.15, 0.2) is 18.2 Å². The minimum absolute atomic E-state index is 0.0102. The second-order valence-corrected chi connectivity index (χ2v) is 3.58. The van der Waals surface area contributed by atoms with E-state index in [2.05, 4.69) is 32.0 Å². The number of aliphatic hydroxyl groups is 1. The van der Waals surface area contributed by atoms with Crippen molar-refractivity contribution < 1.29 is 5.11 Å². The first-order valence-corrected chi connectivity index (χ1v) is 5.20. The van der Waals surface area contributed by atoms with Crippen LogP contribution in [0.4, 0.5) is 0 Å². The number of benzene rings is 1. The predicted molar refractivity (Wildman–Crippen MR) is 59.2 cm³/mol. The lowest BCUT2D eigenvalue weighted by molar-refractivity contribution is 0.268. The Morgan fingerprint density at radius 3 is 2.00 bits per heavy atom. The third-order valence-electron chi connectivity index (χ3n) is 2.52. The minimum Gasteiger partial charge on any atom is -0.394 e. The largest absolute Gasteiger partial charge is 0.394 e. The van der Waals surface area contributed by atoms with E-state index in [4.69, 9.17) is 10.8 Å². The summed E-state index contributed by atoms with van der Waals surface area (Å²) in [5.41, 5.74) is 9.43. The van der Waals surface area contributed by atoms with Crippen LogP contribution in [0.1, 0.15) is 36.6 Å². The highest BCUT2D eigenvalue weighted by molar-refractivity contribution is 5.32. The molecule has 0 saturated carbocycles. The van der Waals surface area contributed by atoms with Gasteiger partial charge in [0.25, 0.3) is 0 Å². The molecule has 0 aromatic heterocycles. The maximum atomic E-state index is 8.99. The van der Waals surface area contributed by atoms with Crippen molar-refractivity contribution in [3.63, 3.8) is 0 Å². The van der Waals surface area contributed by atoms with Gasteiger partial charge in [0.15, 0.2) is 0 Å². The van der Waals surface area contributed by atoms with Crippen LogP contribution in [0.25, 0.3) is 0 Å². The first-order chi connectivity index (χ1) is 6.71. The van der Waals surface area contributed by atoms with Crippen molar-refractivity contribution in [3.8, 4) is 0 Å². The molecule has 2 heteroatoms. The summed E-state index contributed by atoms with van der Waals surface area (Å²) in [6, 6.07) is 6.13. The van der Waals surface area contributed by atoms with E-state index in [-0.39, 0.29) is 12.6 Å². The Kier molecular flexibility index (Phi) is 4.11. The van der Waals surface area contributed by atoms with Crippen molar-refractivity contribution in [1.82, 2.24) is 0 Å². The molecule has 0 spiro atoms. The fourth-order valence-electron chi connectivity index (χ4n) is 1.52. The fraction of sp³-hybridized carbons (Fsp3) is 0.500. The van der Waals surface area contributed by atoms with Crippen molar-refractivity contribution in [2.75, 3.05) is 6.61 Å². The molecule has 0 bridgehead atoms. The highest BCUT2D eigenvalue weighted by Crippen LogP contribution is 2.16. The van der Waals surface area contributed by atoms with Gasteiger partial charge < -0.3 is 10.8 Å². The molecule has 0 heterocycles. The Bertz CT molecular complexity index is 274. The molecular weight excluding hydrogens is 174 g/mol. The molecule has 0 aliphatic rings. The molecule has 1 aromatic carbocycles. The average molecular weight is 193 g/mol. The molecule has 0 radical (unpaired) electrons. The maximum Gasteiger partial charge on any atom is 0.0624 e. The fourth-order valence-corrected chi connectivity index (χ4v) is 1.52. The van der Waals surface area contributed by atoms with Crippen LogP contribution in [0, 0.1) is 0 Å². The van der Waals surface area contributed by atoms with E-state index in [0.29, 0.717) is 0 Å². The van der Waals surface area contributed by atoms with Gasteiger partial charge in [-0.3, -0.25) is 0 Å². The molecule has 1 rings (SSSR count). The monoisotopic (exact) mass is 193 g/mol. The number of hydrogen-bond acceptors (Lipinski definition) is 2. The highest BCUT2D eigenvalue weighted by atomic mass is 16.3. The molecule has 0 aliphatic heterocycles. The molecule has 1 unspecified atom stereocenters. The number of aliphatic hydroxyl groups excluding tert-OH is 1. The van der Waals surface area contributed by atoms with Crippen LogP contribution < -0.4 is 5.73 Å². The summed E-state index contributed by atoms with van der Waals surface area (Å²) < 4.78 is 0. The third-order valence-corrected chi connectivity index (χ3v) is 2.52. The van der Waals surface area contributed by atoms with Crippen molar-refractivity contribution in [2.24, 2.45) is 5.73 Å². The van der Waals surface area contributed by atoms with E-state index in [1.54, 1.807) is 0 Å². The molecule has 1 atom stereocenters. The van der Waals surface area contributed by atoms with E-state index >= 15 is 0 Å². The topological polar surface area (TPSA) is 46.2 Å². The number of hydrogen-bond donors (Lipinski definition) is 2. The van der Waals surface area contributed by atoms with Crippen molar-refractivity contribution in [2.45, 2.75) is 32.7 Å². The van der Waals surface area contributed by atoms with E-state index in [1.165, 1.54) is 11.1 Å². The lowest BCUT2D eigenvalue weighted by Gasteiger charge is -2.12. The zero-order chi connectivity index (χ0) is 10.6. The lowest BCUT2D eigenvalue weighted by Crippen LogP contribution is -2.15. The van der Waals surface area contributed by atoms with Gasteiger partial charge in [0.05, 0.1) is 12.6 Å². The lowest BCUT2D eigenvalue weighted by atomic mass is 9.99. The molecular formula is C12H19NO. The summed E-state index contributed by atoms with van der Waals surface area (Å²) in [5, 5.41) is 8.99. The Morgan fingerprint density at radius 2 is 1.64 bits per heavy atom. The van der Waals surface area contributed by atoms with E-state index in [0.717, 1.165) is 18.4 Å². The molecule has 0 saturated heterocycles. The Hall–Kier alpha value is -0.860. The van der Waals surface area contributed by atoms with Crippen LogP contribution in [-0.2, 0) is 12.8 Å². The predicted octanol–water partition coefficient (Wildman–Crippen LogP) is 1.80. The number of rotatable bonds is 4. The quantitative estimate of drug-likeness (QED) is 0.766. The van der Waals surface area contributed by atoms with Crippen LogP contribution in [0.5, 0.6) is 0 Å². The highest BCUT2D eigenvalue weighted by Gasteiger charge is 2.06. The SMILES string of the molecule is CCc1cc(CC)cc(C(N)CO)c1. The smallest absolute Gasteiger partial charge is 0.0624 e. The summed E-state index contributed by atoms with van der Waals surface area (Å²) in [4.78, 5) is 0.